The van der Waals surface area contributed by atoms with Crippen molar-refractivity contribution in [3.05, 3.63) is 27.7 Å². The van der Waals surface area contributed by atoms with Crippen molar-refractivity contribution in [1.29, 1.82) is 5.26 Å². The molecule has 0 spiro atoms. The van der Waals surface area contributed by atoms with Gasteiger partial charge >= 0.3 is 0 Å². The number of benzene rings is 1. The molecule has 1 aromatic carbocycles. The Hall–Kier alpha value is -1.58. The van der Waals surface area contributed by atoms with Crippen LogP contribution >= 0.6 is 27.3 Å². The van der Waals surface area contributed by atoms with Gasteiger partial charge in [0.1, 0.15) is 5.01 Å². The number of nitriles is 1. The monoisotopic (exact) mass is 338 g/mol. The van der Waals surface area contributed by atoms with E-state index in [9.17, 15) is 0 Å². The van der Waals surface area contributed by atoms with Crippen LogP contribution in [0.3, 0.4) is 0 Å². The highest BCUT2D eigenvalue weighted by Crippen LogP contribution is 2.36. The average Bonchev–Trinajstić information content (AvgIpc) is 2.80. The topological polar surface area (TPSA) is 55.1 Å². The minimum absolute atomic E-state index is 0.296. The third-order valence-electron chi connectivity index (χ3n) is 2.53. The number of methoxy groups -OCH3 is 2. The van der Waals surface area contributed by atoms with E-state index in [0.717, 1.165) is 20.1 Å². The molecule has 0 saturated carbocycles. The van der Waals surface area contributed by atoms with Crippen molar-refractivity contribution in [2.45, 2.75) is 6.42 Å². The SMILES string of the molecule is COc1ccc(-c2nc(CC#N)c(Br)s2)cc1OC. The number of aromatic nitrogens is 1. The van der Waals surface area contributed by atoms with E-state index in [4.69, 9.17) is 14.7 Å². The zero-order valence-electron chi connectivity index (χ0n) is 10.4. The lowest BCUT2D eigenvalue weighted by Gasteiger charge is -2.08. The summed E-state index contributed by atoms with van der Waals surface area (Å²) in [5, 5.41) is 9.58. The van der Waals surface area contributed by atoms with Crippen LogP contribution in [0.4, 0.5) is 0 Å². The van der Waals surface area contributed by atoms with Gasteiger partial charge in [0.25, 0.3) is 0 Å². The van der Waals surface area contributed by atoms with E-state index in [1.807, 2.05) is 18.2 Å². The van der Waals surface area contributed by atoms with Gasteiger partial charge in [0.05, 0.1) is 36.2 Å². The third-order valence-corrected chi connectivity index (χ3v) is 4.41. The van der Waals surface area contributed by atoms with Gasteiger partial charge in [0, 0.05) is 5.56 Å². The molecule has 1 aromatic heterocycles. The number of hydrogen-bond acceptors (Lipinski definition) is 5. The van der Waals surface area contributed by atoms with Crippen LogP contribution in [0.1, 0.15) is 5.69 Å². The Morgan fingerprint density at radius 2 is 2.05 bits per heavy atom. The van der Waals surface area contributed by atoms with Crippen LogP contribution < -0.4 is 9.47 Å². The maximum absolute atomic E-state index is 8.73. The Balaban J connectivity index is 2.42. The van der Waals surface area contributed by atoms with Crippen molar-refractivity contribution >= 4 is 27.3 Å². The van der Waals surface area contributed by atoms with Gasteiger partial charge in [-0.1, -0.05) is 0 Å². The molecule has 0 N–H and O–H groups in total. The molecule has 4 nitrogen and oxygen atoms in total. The lowest BCUT2D eigenvalue weighted by Crippen LogP contribution is -1.90. The Bertz CT molecular complexity index is 634. The number of hydrogen-bond donors (Lipinski definition) is 0. The zero-order valence-corrected chi connectivity index (χ0v) is 12.8. The smallest absolute Gasteiger partial charge is 0.161 e. The van der Waals surface area contributed by atoms with Crippen molar-refractivity contribution < 1.29 is 9.47 Å². The van der Waals surface area contributed by atoms with Crippen LogP contribution in [-0.4, -0.2) is 19.2 Å². The molecule has 0 saturated heterocycles. The molecule has 0 radical (unpaired) electrons. The maximum atomic E-state index is 8.73. The molecule has 0 atom stereocenters. The van der Waals surface area contributed by atoms with E-state index >= 15 is 0 Å². The summed E-state index contributed by atoms with van der Waals surface area (Å²) in [5.41, 5.74) is 1.70. The predicted molar refractivity (Wildman–Crippen MR) is 77.7 cm³/mol. The van der Waals surface area contributed by atoms with Crippen LogP contribution in [-0.2, 0) is 6.42 Å². The normalized spacial score (nSPS) is 10.0. The number of rotatable bonds is 4. The first-order valence-corrected chi connectivity index (χ1v) is 7.05. The molecule has 0 aliphatic rings. The summed E-state index contributed by atoms with van der Waals surface area (Å²) in [4.78, 5) is 4.45. The molecule has 0 unspecified atom stereocenters. The molecule has 19 heavy (non-hydrogen) atoms. The minimum atomic E-state index is 0.296. The first-order chi connectivity index (χ1) is 9.19. The molecular formula is C13H11BrN2O2S. The fourth-order valence-electron chi connectivity index (χ4n) is 1.61. The van der Waals surface area contributed by atoms with Crippen molar-refractivity contribution in [2.75, 3.05) is 14.2 Å². The summed E-state index contributed by atoms with van der Waals surface area (Å²) in [6, 6.07) is 7.74. The van der Waals surface area contributed by atoms with Gasteiger partial charge in [-0.05, 0) is 34.1 Å². The second-order valence-corrected chi connectivity index (χ2v) is 5.96. The van der Waals surface area contributed by atoms with Crippen molar-refractivity contribution in [1.82, 2.24) is 4.98 Å². The second kappa shape index (κ2) is 6.04. The molecule has 2 rings (SSSR count). The summed E-state index contributed by atoms with van der Waals surface area (Å²) in [5.74, 6) is 1.34. The molecule has 1 heterocycles. The largest absolute Gasteiger partial charge is 0.493 e. The van der Waals surface area contributed by atoms with Crippen LogP contribution in [0, 0.1) is 11.3 Å². The first-order valence-electron chi connectivity index (χ1n) is 5.44. The van der Waals surface area contributed by atoms with Crippen LogP contribution in [0.5, 0.6) is 11.5 Å². The summed E-state index contributed by atoms with van der Waals surface area (Å²) < 4.78 is 11.4. The summed E-state index contributed by atoms with van der Waals surface area (Å²) >= 11 is 4.93. The minimum Gasteiger partial charge on any atom is -0.493 e. The second-order valence-electron chi connectivity index (χ2n) is 3.64. The van der Waals surface area contributed by atoms with Crippen LogP contribution in [0.15, 0.2) is 22.0 Å². The van der Waals surface area contributed by atoms with Crippen molar-refractivity contribution in [2.24, 2.45) is 0 Å². The van der Waals surface area contributed by atoms with Gasteiger partial charge in [-0.2, -0.15) is 5.26 Å². The lowest BCUT2D eigenvalue weighted by atomic mass is 10.2. The third kappa shape index (κ3) is 2.88. The molecular weight excluding hydrogens is 328 g/mol. The molecule has 98 valence electrons. The van der Waals surface area contributed by atoms with E-state index in [-0.39, 0.29) is 0 Å². The number of ether oxygens (including phenoxy) is 2. The number of thiazole rings is 1. The van der Waals surface area contributed by atoms with E-state index in [2.05, 4.69) is 27.0 Å². The first kappa shape index (κ1) is 13.8. The number of nitrogens with zero attached hydrogens (tertiary/aromatic N) is 2. The van der Waals surface area contributed by atoms with Gasteiger partial charge in [0.2, 0.25) is 0 Å². The molecule has 0 amide bonds. The van der Waals surface area contributed by atoms with Gasteiger partial charge in [0.15, 0.2) is 11.5 Å². The van der Waals surface area contributed by atoms with Crippen molar-refractivity contribution in [3.8, 4) is 28.1 Å². The quantitative estimate of drug-likeness (QED) is 0.853. The molecule has 6 heteroatoms. The molecule has 2 aromatic rings. The fourth-order valence-corrected chi connectivity index (χ4v) is 3.10. The van der Waals surface area contributed by atoms with Gasteiger partial charge in [-0.25, -0.2) is 4.98 Å². The molecule has 0 aliphatic carbocycles. The average molecular weight is 339 g/mol. The predicted octanol–water partition coefficient (Wildman–Crippen LogP) is 3.66. The summed E-state index contributed by atoms with van der Waals surface area (Å²) in [6.07, 6.45) is 0.296. The summed E-state index contributed by atoms with van der Waals surface area (Å²) in [6.45, 7) is 0. The standard InChI is InChI=1S/C13H11BrN2O2S/c1-17-10-4-3-8(7-11(10)18-2)13-16-9(5-6-15)12(14)19-13/h3-4,7H,5H2,1-2H3. The zero-order chi connectivity index (χ0) is 13.8. The Labute approximate surface area is 123 Å². The maximum Gasteiger partial charge on any atom is 0.161 e. The van der Waals surface area contributed by atoms with Gasteiger partial charge in [-0.3, -0.25) is 0 Å². The van der Waals surface area contributed by atoms with Crippen LogP contribution in [0.2, 0.25) is 0 Å². The molecule has 0 aliphatic heterocycles. The summed E-state index contributed by atoms with van der Waals surface area (Å²) in [7, 11) is 3.20. The molecule has 0 fully saturated rings. The molecule has 0 bridgehead atoms. The van der Waals surface area contributed by atoms with Gasteiger partial charge in [-0.15, -0.1) is 11.3 Å². The lowest BCUT2D eigenvalue weighted by molar-refractivity contribution is 0.355. The highest BCUT2D eigenvalue weighted by atomic mass is 79.9. The van der Waals surface area contributed by atoms with E-state index in [0.29, 0.717) is 17.9 Å². The van der Waals surface area contributed by atoms with E-state index in [1.165, 1.54) is 11.3 Å². The van der Waals surface area contributed by atoms with Crippen LogP contribution in [0.25, 0.3) is 10.6 Å². The Kier molecular flexibility index (Phi) is 4.40. The highest BCUT2D eigenvalue weighted by Gasteiger charge is 2.12. The Morgan fingerprint density at radius 3 is 2.68 bits per heavy atom. The Morgan fingerprint density at radius 1 is 1.32 bits per heavy atom. The van der Waals surface area contributed by atoms with Gasteiger partial charge < -0.3 is 9.47 Å². The van der Waals surface area contributed by atoms with E-state index in [1.54, 1.807) is 14.2 Å². The van der Waals surface area contributed by atoms with Crippen molar-refractivity contribution in [3.63, 3.8) is 0 Å². The van der Waals surface area contributed by atoms with E-state index < -0.39 is 0 Å². The highest BCUT2D eigenvalue weighted by molar-refractivity contribution is 9.11. The fraction of sp³-hybridized carbons (Fsp3) is 0.231. The number of halogens is 1.